The summed E-state index contributed by atoms with van der Waals surface area (Å²) >= 11 is 0. The van der Waals surface area contributed by atoms with Gasteiger partial charge in [-0.1, -0.05) is 64.1 Å². The Kier molecular flexibility index (Phi) is 8.82. The first-order valence-corrected chi connectivity index (χ1v) is 16.1. The summed E-state index contributed by atoms with van der Waals surface area (Å²) in [5, 5.41) is 0. The van der Waals surface area contributed by atoms with Gasteiger partial charge in [0.15, 0.2) is 0 Å². The van der Waals surface area contributed by atoms with Crippen LogP contribution in [0.1, 0.15) is 34.6 Å². The molecule has 0 spiro atoms. The van der Waals surface area contributed by atoms with Gasteiger partial charge in [0.2, 0.25) is 8.32 Å². The second-order valence-electron chi connectivity index (χ2n) is 6.23. The van der Waals surface area contributed by atoms with Crippen molar-refractivity contribution in [2.75, 3.05) is 7.11 Å². The molecular weight excluding hydrogens is 296 g/mol. The summed E-state index contributed by atoms with van der Waals surface area (Å²) in [6.07, 6.45) is 0. The summed E-state index contributed by atoms with van der Waals surface area (Å²) in [6.45, 7) is 16.0. The van der Waals surface area contributed by atoms with E-state index in [0.717, 1.165) is 12.1 Å². The highest BCUT2D eigenvalue weighted by molar-refractivity contribution is 6.90. The van der Waals surface area contributed by atoms with E-state index in [1.54, 1.807) is 7.11 Å². The molecule has 0 bridgehead atoms. The first kappa shape index (κ1) is 20.3. The van der Waals surface area contributed by atoms with Crippen molar-refractivity contribution in [1.29, 1.82) is 0 Å². The molecule has 0 aliphatic heterocycles. The minimum Gasteiger partial charge on any atom is -0.432 e. The standard InChI is InChI=1S/C15H36O2Si3/c1-9-19(10-2,11-3)14-15-20(12-4,13-5)17-18(7,8)16-6/h14-15H,9-13H2,1-8H3. The molecule has 20 heavy (non-hydrogen) atoms. The molecule has 0 amide bonds. The van der Waals surface area contributed by atoms with E-state index in [4.69, 9.17) is 8.54 Å². The fourth-order valence-electron chi connectivity index (χ4n) is 2.63. The summed E-state index contributed by atoms with van der Waals surface area (Å²) in [6, 6.07) is 6.35. The van der Waals surface area contributed by atoms with Crippen molar-refractivity contribution < 1.29 is 8.54 Å². The smallest absolute Gasteiger partial charge is 0.321 e. The van der Waals surface area contributed by atoms with Crippen LogP contribution in [0.4, 0.5) is 0 Å². The van der Waals surface area contributed by atoms with Crippen LogP contribution in [0.15, 0.2) is 11.4 Å². The molecule has 0 saturated carbocycles. The maximum absolute atomic E-state index is 6.59. The zero-order chi connectivity index (χ0) is 15.9. The predicted octanol–water partition coefficient (Wildman–Crippen LogP) is 5.48. The average molecular weight is 333 g/mol. The van der Waals surface area contributed by atoms with Crippen LogP contribution in [0.3, 0.4) is 0 Å². The number of rotatable bonds is 10. The van der Waals surface area contributed by atoms with Crippen molar-refractivity contribution in [2.24, 2.45) is 0 Å². The summed E-state index contributed by atoms with van der Waals surface area (Å²) in [4.78, 5) is 0. The minimum absolute atomic E-state index is 1.15. The Bertz CT molecular complexity index is 287. The van der Waals surface area contributed by atoms with Crippen molar-refractivity contribution in [2.45, 2.75) is 77.9 Å². The van der Waals surface area contributed by atoms with E-state index in [1.165, 1.54) is 18.1 Å². The van der Waals surface area contributed by atoms with Crippen LogP contribution < -0.4 is 0 Å². The lowest BCUT2D eigenvalue weighted by atomic mass is 10.9. The van der Waals surface area contributed by atoms with Crippen LogP contribution in [0, 0.1) is 0 Å². The molecule has 0 aromatic rings. The highest BCUT2D eigenvalue weighted by Crippen LogP contribution is 2.28. The Morgan fingerprint density at radius 2 is 1.20 bits per heavy atom. The van der Waals surface area contributed by atoms with Gasteiger partial charge in [0, 0.05) is 7.11 Å². The molecule has 0 fully saturated rings. The molecule has 0 heterocycles. The quantitative estimate of drug-likeness (QED) is 0.493. The summed E-state index contributed by atoms with van der Waals surface area (Å²) in [5.74, 6) is 0. The number of hydrogen-bond donors (Lipinski definition) is 0. The van der Waals surface area contributed by atoms with E-state index in [-0.39, 0.29) is 0 Å². The van der Waals surface area contributed by atoms with Gasteiger partial charge >= 0.3 is 8.56 Å². The fourth-order valence-corrected chi connectivity index (χ4v) is 14.1. The molecule has 2 nitrogen and oxygen atoms in total. The third-order valence-electron chi connectivity index (χ3n) is 4.99. The average Bonchev–Trinajstić information content (AvgIpc) is 2.48. The fraction of sp³-hybridized carbons (Fsp3) is 0.867. The molecule has 0 aliphatic rings. The lowest BCUT2D eigenvalue weighted by Gasteiger charge is -2.35. The van der Waals surface area contributed by atoms with Crippen LogP contribution in [0.5, 0.6) is 0 Å². The molecule has 0 saturated heterocycles. The molecule has 0 rings (SSSR count). The van der Waals surface area contributed by atoms with E-state index >= 15 is 0 Å². The van der Waals surface area contributed by atoms with Crippen LogP contribution in [-0.2, 0) is 8.54 Å². The molecule has 0 radical (unpaired) electrons. The topological polar surface area (TPSA) is 18.5 Å². The molecule has 0 aromatic heterocycles. The van der Waals surface area contributed by atoms with Crippen LogP contribution in [0.25, 0.3) is 0 Å². The lowest BCUT2D eigenvalue weighted by Crippen LogP contribution is -2.48. The van der Waals surface area contributed by atoms with E-state index in [0.29, 0.717) is 0 Å². The van der Waals surface area contributed by atoms with E-state index < -0.39 is 25.0 Å². The van der Waals surface area contributed by atoms with E-state index in [2.05, 4.69) is 59.1 Å². The van der Waals surface area contributed by atoms with Crippen molar-refractivity contribution >= 4 is 25.0 Å². The third kappa shape index (κ3) is 5.60. The highest BCUT2D eigenvalue weighted by Gasteiger charge is 2.38. The summed E-state index contributed by atoms with van der Waals surface area (Å²) in [5.41, 5.74) is 5.15. The second kappa shape index (κ2) is 8.68. The summed E-state index contributed by atoms with van der Waals surface area (Å²) in [7, 11) is -3.12. The largest absolute Gasteiger partial charge is 0.432 e. The van der Waals surface area contributed by atoms with Crippen molar-refractivity contribution in [3.63, 3.8) is 0 Å². The zero-order valence-corrected chi connectivity index (χ0v) is 18.0. The molecule has 0 unspecified atom stereocenters. The zero-order valence-electron chi connectivity index (χ0n) is 15.0. The summed E-state index contributed by atoms with van der Waals surface area (Å²) < 4.78 is 12.2. The monoisotopic (exact) mass is 332 g/mol. The van der Waals surface area contributed by atoms with Crippen molar-refractivity contribution in [3.8, 4) is 0 Å². The number of hydrogen-bond acceptors (Lipinski definition) is 2. The van der Waals surface area contributed by atoms with Gasteiger partial charge in [-0.3, -0.25) is 0 Å². The van der Waals surface area contributed by atoms with Crippen molar-refractivity contribution in [3.05, 3.63) is 11.4 Å². The molecule has 0 atom stereocenters. The molecule has 120 valence electrons. The van der Waals surface area contributed by atoms with Crippen LogP contribution in [-0.4, -0.2) is 32.1 Å². The van der Waals surface area contributed by atoms with Crippen LogP contribution >= 0.6 is 0 Å². The van der Waals surface area contributed by atoms with E-state index in [9.17, 15) is 0 Å². The van der Waals surface area contributed by atoms with Gasteiger partial charge in [-0.25, -0.2) is 0 Å². The van der Waals surface area contributed by atoms with Crippen molar-refractivity contribution in [1.82, 2.24) is 0 Å². The Morgan fingerprint density at radius 1 is 0.750 bits per heavy atom. The highest BCUT2D eigenvalue weighted by atomic mass is 28.4. The van der Waals surface area contributed by atoms with Crippen LogP contribution in [0.2, 0.25) is 43.3 Å². The van der Waals surface area contributed by atoms with Gasteiger partial charge < -0.3 is 8.54 Å². The molecule has 0 aromatic carbocycles. The van der Waals surface area contributed by atoms with Gasteiger partial charge in [0.05, 0.1) is 8.07 Å². The maximum atomic E-state index is 6.59. The Labute approximate surface area is 130 Å². The SMILES string of the molecule is CC[Si](C=C[Si](CC)(CC)O[Si](C)(C)OC)(CC)CC. The van der Waals surface area contributed by atoms with E-state index in [1.807, 2.05) is 0 Å². The first-order valence-electron chi connectivity index (χ1n) is 8.23. The Balaban J connectivity index is 5.28. The molecular formula is C15H36O2Si3. The Hall–Kier alpha value is 0.311. The second-order valence-corrected chi connectivity index (χ2v) is 19.3. The van der Waals surface area contributed by atoms with Gasteiger partial charge in [0.25, 0.3) is 0 Å². The molecule has 0 aliphatic carbocycles. The molecule has 5 heteroatoms. The first-order chi connectivity index (χ1) is 9.28. The minimum atomic E-state index is -1.96. The van der Waals surface area contributed by atoms with Gasteiger partial charge in [0.1, 0.15) is 0 Å². The third-order valence-corrected chi connectivity index (χ3v) is 18.2. The van der Waals surface area contributed by atoms with Gasteiger partial charge in [-0.15, -0.1) is 0 Å². The normalized spacial score (nSPS) is 14.2. The maximum Gasteiger partial charge on any atom is 0.321 e. The van der Waals surface area contributed by atoms with Gasteiger partial charge in [-0.2, -0.15) is 0 Å². The Morgan fingerprint density at radius 3 is 1.50 bits per heavy atom. The van der Waals surface area contributed by atoms with Gasteiger partial charge in [-0.05, 0) is 25.2 Å². The molecule has 0 N–H and O–H groups in total. The predicted molar refractivity (Wildman–Crippen MR) is 98.6 cm³/mol. The lowest BCUT2D eigenvalue weighted by molar-refractivity contribution is 0.310.